The van der Waals surface area contributed by atoms with Gasteiger partial charge in [0.1, 0.15) is 19.8 Å². The molecule has 0 saturated heterocycles. The van der Waals surface area contributed by atoms with Crippen molar-refractivity contribution >= 4 is 17.9 Å². The molecule has 0 aliphatic rings. The molecule has 0 unspecified atom stereocenters. The first-order valence-electron chi connectivity index (χ1n) is 6.29. The van der Waals surface area contributed by atoms with E-state index >= 15 is 0 Å². The van der Waals surface area contributed by atoms with Gasteiger partial charge in [-0.25, -0.2) is 14.4 Å². The van der Waals surface area contributed by atoms with E-state index in [-0.39, 0.29) is 26.4 Å². The molecular formula is C15H20O7. The van der Waals surface area contributed by atoms with Crippen LogP contribution in [0.3, 0.4) is 0 Å². The minimum atomic E-state index is -1.05. The lowest BCUT2D eigenvalue weighted by molar-refractivity contribution is -0.160. The zero-order valence-corrected chi connectivity index (χ0v) is 12.5. The first kappa shape index (κ1) is 19.6. The van der Waals surface area contributed by atoms with Crippen molar-refractivity contribution in [1.82, 2.24) is 0 Å². The van der Waals surface area contributed by atoms with Crippen LogP contribution in [0.15, 0.2) is 38.0 Å². The van der Waals surface area contributed by atoms with Gasteiger partial charge in [-0.15, -0.1) is 0 Å². The molecule has 0 aliphatic carbocycles. The van der Waals surface area contributed by atoms with Gasteiger partial charge in [0.2, 0.25) is 0 Å². The maximum absolute atomic E-state index is 11.2. The molecule has 22 heavy (non-hydrogen) atoms. The van der Waals surface area contributed by atoms with Crippen LogP contribution in [0.4, 0.5) is 0 Å². The third-order valence-electron chi connectivity index (χ3n) is 2.51. The molecular weight excluding hydrogens is 292 g/mol. The molecule has 0 rings (SSSR count). The van der Waals surface area contributed by atoms with Crippen molar-refractivity contribution in [3.63, 3.8) is 0 Å². The fraction of sp³-hybridized carbons (Fsp3) is 0.400. The molecule has 0 bridgehead atoms. The molecule has 0 radical (unpaired) electrons. The maximum atomic E-state index is 11.2. The minimum Gasteiger partial charge on any atom is -0.462 e. The van der Waals surface area contributed by atoms with Crippen LogP contribution in [0, 0.1) is 5.41 Å². The van der Waals surface area contributed by atoms with Gasteiger partial charge in [0.15, 0.2) is 0 Å². The number of rotatable bonds is 11. The molecule has 7 heteroatoms. The van der Waals surface area contributed by atoms with E-state index in [1.165, 1.54) is 7.11 Å². The van der Waals surface area contributed by atoms with Crippen molar-refractivity contribution in [2.24, 2.45) is 5.41 Å². The highest BCUT2D eigenvalue weighted by molar-refractivity contribution is 5.82. The summed E-state index contributed by atoms with van der Waals surface area (Å²) in [5, 5.41) is 0. The Labute approximate surface area is 129 Å². The molecule has 0 saturated carbocycles. The van der Waals surface area contributed by atoms with Gasteiger partial charge in [0.05, 0.1) is 12.0 Å². The molecule has 0 amide bonds. The summed E-state index contributed by atoms with van der Waals surface area (Å²) in [4.78, 5) is 33.7. The van der Waals surface area contributed by atoms with Crippen LogP contribution < -0.4 is 0 Å². The molecule has 7 nitrogen and oxygen atoms in total. The molecule has 0 N–H and O–H groups in total. The Morgan fingerprint density at radius 2 is 1.09 bits per heavy atom. The SMILES string of the molecule is C=CC(=O)OCC(COC)(COC(=O)C=C)COC(=O)C=C. The second-order valence-electron chi connectivity index (χ2n) is 4.37. The van der Waals surface area contributed by atoms with E-state index in [2.05, 4.69) is 19.7 Å². The fourth-order valence-corrected chi connectivity index (χ4v) is 1.41. The highest BCUT2D eigenvalue weighted by Gasteiger charge is 2.35. The van der Waals surface area contributed by atoms with E-state index in [0.29, 0.717) is 0 Å². The van der Waals surface area contributed by atoms with Gasteiger partial charge in [-0.2, -0.15) is 0 Å². The van der Waals surface area contributed by atoms with Gasteiger partial charge in [-0.1, -0.05) is 19.7 Å². The van der Waals surface area contributed by atoms with Gasteiger partial charge in [0.25, 0.3) is 0 Å². The number of esters is 3. The summed E-state index contributed by atoms with van der Waals surface area (Å²) in [6, 6.07) is 0. The minimum absolute atomic E-state index is 0.0201. The smallest absolute Gasteiger partial charge is 0.330 e. The normalized spacial score (nSPS) is 10.2. The van der Waals surface area contributed by atoms with E-state index in [1.54, 1.807) is 0 Å². The lowest BCUT2D eigenvalue weighted by atomic mass is 9.92. The van der Waals surface area contributed by atoms with Crippen molar-refractivity contribution in [3.05, 3.63) is 38.0 Å². The second kappa shape index (κ2) is 10.3. The number of hydrogen-bond acceptors (Lipinski definition) is 7. The summed E-state index contributed by atoms with van der Waals surface area (Å²) in [6.45, 7) is 9.28. The topological polar surface area (TPSA) is 88.1 Å². The summed E-state index contributed by atoms with van der Waals surface area (Å²) < 4.78 is 20.0. The third-order valence-corrected chi connectivity index (χ3v) is 2.51. The molecule has 0 spiro atoms. The number of carbonyl (C=O) groups is 3. The zero-order valence-electron chi connectivity index (χ0n) is 12.5. The van der Waals surface area contributed by atoms with E-state index in [0.717, 1.165) is 18.2 Å². The van der Waals surface area contributed by atoms with E-state index < -0.39 is 23.3 Å². The van der Waals surface area contributed by atoms with Crippen LogP contribution in [0.5, 0.6) is 0 Å². The maximum Gasteiger partial charge on any atom is 0.330 e. The molecule has 0 fully saturated rings. The molecule has 0 heterocycles. The first-order valence-corrected chi connectivity index (χ1v) is 6.29. The monoisotopic (exact) mass is 312 g/mol. The van der Waals surface area contributed by atoms with E-state index in [4.69, 9.17) is 18.9 Å². The summed E-state index contributed by atoms with van der Waals surface area (Å²) in [5.74, 6) is -1.98. The number of ether oxygens (including phenoxy) is 4. The average Bonchev–Trinajstić information content (AvgIpc) is 2.54. The van der Waals surface area contributed by atoms with Crippen LogP contribution in [-0.4, -0.2) is 51.4 Å². The summed E-state index contributed by atoms with van der Waals surface area (Å²) >= 11 is 0. The molecule has 0 aromatic rings. The standard InChI is InChI=1S/C15H20O7/c1-5-12(16)20-9-15(8-19-4,10-21-13(17)6-2)11-22-14(18)7-3/h5-7H,1-3,8-11H2,4H3. The van der Waals surface area contributed by atoms with Crippen LogP contribution in [-0.2, 0) is 33.3 Å². The van der Waals surface area contributed by atoms with Gasteiger partial charge >= 0.3 is 17.9 Å². The fourth-order valence-electron chi connectivity index (χ4n) is 1.41. The Hall–Kier alpha value is -2.41. The highest BCUT2D eigenvalue weighted by atomic mass is 16.6. The Morgan fingerprint density at radius 3 is 1.32 bits per heavy atom. The quantitative estimate of drug-likeness (QED) is 0.317. The average molecular weight is 312 g/mol. The first-order chi connectivity index (χ1) is 10.4. The predicted octanol–water partition coefficient (Wildman–Crippen LogP) is 0.807. The largest absolute Gasteiger partial charge is 0.462 e. The number of methoxy groups -OCH3 is 1. The van der Waals surface area contributed by atoms with Crippen molar-refractivity contribution in [2.45, 2.75) is 0 Å². The van der Waals surface area contributed by atoms with Gasteiger partial charge in [-0.05, 0) is 0 Å². The number of hydrogen-bond donors (Lipinski definition) is 0. The van der Waals surface area contributed by atoms with Gasteiger partial charge in [-0.3, -0.25) is 0 Å². The highest BCUT2D eigenvalue weighted by Crippen LogP contribution is 2.21. The Morgan fingerprint density at radius 1 is 0.773 bits per heavy atom. The van der Waals surface area contributed by atoms with Crippen LogP contribution in [0.1, 0.15) is 0 Å². The zero-order chi connectivity index (χ0) is 17.0. The van der Waals surface area contributed by atoms with Crippen LogP contribution in [0.2, 0.25) is 0 Å². The summed E-state index contributed by atoms with van der Waals surface area (Å²) in [6.07, 6.45) is 2.97. The van der Waals surface area contributed by atoms with Crippen molar-refractivity contribution in [2.75, 3.05) is 33.5 Å². The summed E-state index contributed by atoms with van der Waals surface area (Å²) in [5.41, 5.74) is -1.05. The Bertz CT molecular complexity index is 379. The van der Waals surface area contributed by atoms with Crippen LogP contribution >= 0.6 is 0 Å². The summed E-state index contributed by atoms with van der Waals surface area (Å²) in [7, 11) is 1.41. The molecule has 0 aromatic carbocycles. The van der Waals surface area contributed by atoms with Crippen molar-refractivity contribution in [1.29, 1.82) is 0 Å². The molecule has 0 aromatic heterocycles. The Kier molecular flexibility index (Phi) is 9.20. The van der Waals surface area contributed by atoms with E-state index in [9.17, 15) is 14.4 Å². The molecule has 0 atom stereocenters. The number of carbonyl (C=O) groups excluding carboxylic acids is 3. The van der Waals surface area contributed by atoms with Crippen LogP contribution in [0.25, 0.3) is 0 Å². The van der Waals surface area contributed by atoms with E-state index in [1.807, 2.05) is 0 Å². The molecule has 0 aliphatic heterocycles. The Balaban J connectivity index is 5.03. The van der Waals surface area contributed by atoms with Gasteiger partial charge < -0.3 is 18.9 Å². The lowest BCUT2D eigenvalue weighted by Crippen LogP contribution is -2.42. The lowest BCUT2D eigenvalue weighted by Gasteiger charge is -2.30. The third kappa shape index (κ3) is 7.39. The van der Waals surface area contributed by atoms with Crippen molar-refractivity contribution < 1.29 is 33.3 Å². The van der Waals surface area contributed by atoms with Crippen molar-refractivity contribution in [3.8, 4) is 0 Å². The second-order valence-corrected chi connectivity index (χ2v) is 4.37. The molecule has 122 valence electrons. The van der Waals surface area contributed by atoms with Gasteiger partial charge in [0, 0.05) is 25.3 Å². The predicted molar refractivity (Wildman–Crippen MR) is 77.8 cm³/mol.